The van der Waals surface area contributed by atoms with Crippen LogP contribution in [0.3, 0.4) is 0 Å². The fourth-order valence-corrected chi connectivity index (χ4v) is 2.38. The molecule has 3 nitrogen and oxygen atoms in total. The second-order valence-electron chi connectivity index (χ2n) is 5.49. The number of hydrogen-bond acceptors (Lipinski definition) is 2. The molecule has 0 amide bonds. The maximum Gasteiger partial charge on any atom is 0.188 e. The van der Waals surface area contributed by atoms with Crippen molar-refractivity contribution in [1.82, 2.24) is 5.32 Å². The van der Waals surface area contributed by atoms with Gasteiger partial charge in [0.1, 0.15) is 0 Å². The lowest BCUT2D eigenvalue weighted by Gasteiger charge is -2.21. The highest BCUT2D eigenvalue weighted by Gasteiger charge is 2.10. The number of thiophene rings is 1. The lowest BCUT2D eigenvalue weighted by Crippen LogP contribution is -2.45. The molecule has 0 bridgehead atoms. The summed E-state index contributed by atoms with van der Waals surface area (Å²) in [5.74, 6) is 1.06. The molecule has 0 spiro atoms. The van der Waals surface area contributed by atoms with Gasteiger partial charge in [0.2, 0.25) is 0 Å². The third-order valence-corrected chi connectivity index (χ3v) is 3.10. The summed E-state index contributed by atoms with van der Waals surface area (Å²) in [7, 11) is 0. The van der Waals surface area contributed by atoms with Gasteiger partial charge in [-0.25, -0.2) is 0 Å². The number of hydrogen-bond donors (Lipinski definition) is 2. The molecular weight excluding hydrogens is 230 g/mol. The van der Waals surface area contributed by atoms with E-state index in [9.17, 15) is 0 Å². The Kier molecular flexibility index (Phi) is 5.00. The Balaban J connectivity index is 2.36. The molecule has 4 heteroatoms. The van der Waals surface area contributed by atoms with Crippen molar-refractivity contribution < 1.29 is 0 Å². The lowest BCUT2D eigenvalue weighted by atomic mass is 10.1. The van der Waals surface area contributed by atoms with Gasteiger partial charge in [0.25, 0.3) is 0 Å². The summed E-state index contributed by atoms with van der Waals surface area (Å²) in [4.78, 5) is 5.79. The third-order valence-electron chi connectivity index (χ3n) is 2.21. The molecule has 0 fully saturated rings. The zero-order chi connectivity index (χ0) is 12.9. The van der Waals surface area contributed by atoms with E-state index in [1.54, 1.807) is 11.3 Å². The van der Waals surface area contributed by atoms with Crippen LogP contribution in [0.25, 0.3) is 0 Å². The maximum atomic E-state index is 5.82. The van der Waals surface area contributed by atoms with Crippen LogP contribution in [0.4, 0.5) is 0 Å². The number of aliphatic imine (C=N–C) groups is 1. The Bertz CT molecular complexity index is 349. The largest absolute Gasteiger partial charge is 0.370 e. The normalized spacial score (nSPS) is 14.7. The van der Waals surface area contributed by atoms with Gasteiger partial charge in [0.15, 0.2) is 5.96 Å². The molecule has 0 aliphatic rings. The Morgan fingerprint density at radius 2 is 2.24 bits per heavy atom. The number of rotatable bonds is 4. The summed E-state index contributed by atoms with van der Waals surface area (Å²) in [5, 5.41) is 5.28. The molecule has 3 N–H and O–H groups in total. The first-order valence-electron chi connectivity index (χ1n) is 5.97. The first-order chi connectivity index (χ1) is 7.87. The second-order valence-corrected chi connectivity index (χ2v) is 6.52. The van der Waals surface area contributed by atoms with E-state index in [0.717, 1.165) is 13.0 Å². The molecule has 1 heterocycles. The van der Waals surface area contributed by atoms with Crippen molar-refractivity contribution in [2.24, 2.45) is 16.6 Å². The highest BCUT2D eigenvalue weighted by molar-refractivity contribution is 7.09. The molecule has 1 atom stereocenters. The quantitative estimate of drug-likeness (QED) is 0.640. The van der Waals surface area contributed by atoms with Crippen molar-refractivity contribution in [1.29, 1.82) is 0 Å². The minimum Gasteiger partial charge on any atom is -0.370 e. The van der Waals surface area contributed by atoms with Crippen LogP contribution < -0.4 is 11.1 Å². The number of guanidine groups is 1. The van der Waals surface area contributed by atoms with Gasteiger partial charge in [-0.2, -0.15) is 0 Å². The van der Waals surface area contributed by atoms with Crippen molar-refractivity contribution in [2.45, 2.75) is 39.7 Å². The molecule has 17 heavy (non-hydrogen) atoms. The van der Waals surface area contributed by atoms with E-state index < -0.39 is 0 Å². The van der Waals surface area contributed by atoms with E-state index in [1.807, 2.05) is 0 Å². The highest BCUT2D eigenvalue weighted by Crippen LogP contribution is 2.14. The van der Waals surface area contributed by atoms with Gasteiger partial charge in [-0.15, -0.1) is 11.3 Å². The summed E-state index contributed by atoms with van der Waals surface area (Å²) in [5.41, 5.74) is 5.80. The smallest absolute Gasteiger partial charge is 0.188 e. The maximum absolute atomic E-state index is 5.82. The van der Waals surface area contributed by atoms with Crippen molar-refractivity contribution in [3.05, 3.63) is 22.4 Å². The van der Waals surface area contributed by atoms with Crippen LogP contribution in [0.2, 0.25) is 0 Å². The van der Waals surface area contributed by atoms with E-state index >= 15 is 0 Å². The van der Waals surface area contributed by atoms with E-state index in [1.165, 1.54) is 4.88 Å². The van der Waals surface area contributed by atoms with Crippen molar-refractivity contribution in [2.75, 3.05) is 6.54 Å². The van der Waals surface area contributed by atoms with Crippen molar-refractivity contribution in [3.8, 4) is 0 Å². The van der Waals surface area contributed by atoms with Crippen LogP contribution in [0.5, 0.6) is 0 Å². The molecular formula is C13H23N3S. The van der Waals surface area contributed by atoms with Crippen LogP contribution in [0.15, 0.2) is 22.5 Å². The van der Waals surface area contributed by atoms with Crippen LogP contribution in [0.1, 0.15) is 32.6 Å². The minimum atomic E-state index is -0.0232. The Morgan fingerprint density at radius 3 is 2.76 bits per heavy atom. The SMILES string of the molecule is CC(CN=C(N)NC(C)(C)C)Cc1cccs1. The Hall–Kier alpha value is -1.03. The average molecular weight is 253 g/mol. The predicted octanol–water partition coefficient (Wildman–Crippen LogP) is 2.63. The molecule has 96 valence electrons. The number of nitrogens with two attached hydrogens (primary N) is 1. The molecule has 0 saturated heterocycles. The van der Waals surface area contributed by atoms with Crippen LogP contribution in [-0.2, 0) is 6.42 Å². The molecule has 0 saturated carbocycles. The van der Waals surface area contributed by atoms with Crippen molar-refractivity contribution >= 4 is 17.3 Å². The molecule has 0 aromatic carbocycles. The van der Waals surface area contributed by atoms with E-state index in [-0.39, 0.29) is 5.54 Å². The van der Waals surface area contributed by atoms with Gasteiger partial charge < -0.3 is 11.1 Å². The Labute approximate surface area is 108 Å². The topological polar surface area (TPSA) is 50.4 Å². The third kappa shape index (κ3) is 6.31. The molecule has 1 aromatic heterocycles. The fraction of sp³-hybridized carbons (Fsp3) is 0.615. The number of nitrogens with one attached hydrogen (secondary N) is 1. The van der Waals surface area contributed by atoms with Crippen LogP contribution in [-0.4, -0.2) is 18.0 Å². The predicted molar refractivity (Wildman–Crippen MR) is 76.6 cm³/mol. The molecule has 0 radical (unpaired) electrons. The summed E-state index contributed by atoms with van der Waals surface area (Å²) in [6.07, 6.45) is 1.07. The zero-order valence-electron chi connectivity index (χ0n) is 11.2. The average Bonchev–Trinajstić information content (AvgIpc) is 2.64. The van der Waals surface area contributed by atoms with Crippen LogP contribution in [0, 0.1) is 5.92 Å². The van der Waals surface area contributed by atoms with E-state index in [0.29, 0.717) is 11.9 Å². The van der Waals surface area contributed by atoms with E-state index in [2.05, 4.69) is 55.5 Å². The minimum absolute atomic E-state index is 0.0232. The van der Waals surface area contributed by atoms with Gasteiger partial charge >= 0.3 is 0 Å². The summed E-state index contributed by atoms with van der Waals surface area (Å²) in [6, 6.07) is 4.26. The molecule has 1 aromatic rings. The fourth-order valence-electron chi connectivity index (χ4n) is 1.51. The van der Waals surface area contributed by atoms with Gasteiger partial charge in [-0.1, -0.05) is 13.0 Å². The monoisotopic (exact) mass is 253 g/mol. The standard InChI is InChI=1S/C13H23N3S/c1-10(8-11-6-5-7-17-11)9-15-12(14)16-13(2,3)4/h5-7,10H,8-9H2,1-4H3,(H3,14,15,16). The molecule has 0 aliphatic carbocycles. The highest BCUT2D eigenvalue weighted by atomic mass is 32.1. The summed E-state index contributed by atoms with van der Waals surface area (Å²) < 4.78 is 0. The van der Waals surface area contributed by atoms with Gasteiger partial charge in [-0.3, -0.25) is 4.99 Å². The lowest BCUT2D eigenvalue weighted by molar-refractivity contribution is 0.505. The van der Waals surface area contributed by atoms with Gasteiger partial charge in [0.05, 0.1) is 0 Å². The van der Waals surface area contributed by atoms with Gasteiger partial charge in [0, 0.05) is 17.0 Å². The summed E-state index contributed by atoms with van der Waals surface area (Å²) >= 11 is 1.80. The zero-order valence-corrected chi connectivity index (χ0v) is 12.0. The first kappa shape index (κ1) is 14.0. The van der Waals surface area contributed by atoms with Crippen molar-refractivity contribution in [3.63, 3.8) is 0 Å². The molecule has 1 rings (SSSR count). The Morgan fingerprint density at radius 1 is 1.53 bits per heavy atom. The first-order valence-corrected chi connectivity index (χ1v) is 6.85. The molecule has 1 unspecified atom stereocenters. The summed E-state index contributed by atoms with van der Waals surface area (Å²) in [6.45, 7) is 9.19. The number of nitrogens with zero attached hydrogens (tertiary/aromatic N) is 1. The van der Waals surface area contributed by atoms with Crippen LogP contribution >= 0.6 is 11.3 Å². The van der Waals surface area contributed by atoms with Gasteiger partial charge in [-0.05, 0) is 44.6 Å². The molecule has 0 aliphatic heterocycles. The van der Waals surface area contributed by atoms with E-state index in [4.69, 9.17) is 5.73 Å². The second kappa shape index (κ2) is 6.05.